The van der Waals surface area contributed by atoms with E-state index in [1.807, 2.05) is 0 Å². The monoisotopic (exact) mass is 274 g/mol. The van der Waals surface area contributed by atoms with Crippen LogP contribution in [0.15, 0.2) is 24.3 Å². The highest BCUT2D eigenvalue weighted by atomic mass is 35.7. The number of hydrogen-bond donors (Lipinski definition) is 0. The Balaban J connectivity index is 2.59. The molecule has 1 aromatic carbocycles. The van der Waals surface area contributed by atoms with Crippen molar-refractivity contribution in [3.63, 3.8) is 0 Å². The Hall–Kier alpha value is -0.540. The molecule has 0 aromatic heterocycles. The Morgan fingerprint density at radius 3 is 2.06 bits per heavy atom. The van der Waals surface area contributed by atoms with E-state index in [0.717, 1.165) is 12.0 Å². The summed E-state index contributed by atoms with van der Waals surface area (Å²) in [5.41, 5.74) is 2.45. The maximum atomic E-state index is 11.1. The summed E-state index contributed by atoms with van der Waals surface area (Å²) in [7, 11) is 1.87. The maximum Gasteiger partial charge on any atom is 0.235 e. The van der Waals surface area contributed by atoms with Gasteiger partial charge in [0.05, 0.1) is 5.25 Å². The zero-order chi connectivity index (χ0) is 13.1. The molecule has 0 aliphatic heterocycles. The largest absolute Gasteiger partial charge is 0.235 e. The fourth-order valence-electron chi connectivity index (χ4n) is 1.58. The third-order valence-electron chi connectivity index (χ3n) is 2.97. The van der Waals surface area contributed by atoms with E-state index < -0.39 is 14.3 Å². The fraction of sp³-hybridized carbons (Fsp3) is 0.538. The van der Waals surface area contributed by atoms with Crippen LogP contribution in [-0.2, 0) is 15.5 Å². The summed E-state index contributed by atoms with van der Waals surface area (Å²) in [5.74, 6) is 0.520. The van der Waals surface area contributed by atoms with Gasteiger partial charge in [0, 0.05) is 10.7 Å². The van der Waals surface area contributed by atoms with Crippen molar-refractivity contribution in [3.05, 3.63) is 35.4 Å². The van der Waals surface area contributed by atoms with Gasteiger partial charge in [0.25, 0.3) is 0 Å². The highest BCUT2D eigenvalue weighted by Gasteiger charge is 2.16. The minimum absolute atomic E-state index is 0.492. The molecular formula is C13H19ClO2S. The van der Waals surface area contributed by atoms with Crippen molar-refractivity contribution in [2.75, 3.05) is 0 Å². The van der Waals surface area contributed by atoms with Gasteiger partial charge in [-0.05, 0) is 36.8 Å². The second-order valence-corrected chi connectivity index (χ2v) is 7.77. The normalized spacial score (nSPS) is 13.9. The van der Waals surface area contributed by atoms with Crippen molar-refractivity contribution in [2.45, 2.75) is 44.8 Å². The van der Waals surface area contributed by atoms with Crippen molar-refractivity contribution in [1.29, 1.82) is 0 Å². The van der Waals surface area contributed by atoms with E-state index in [1.54, 1.807) is 6.92 Å². The van der Waals surface area contributed by atoms with Gasteiger partial charge in [0.15, 0.2) is 0 Å². The Morgan fingerprint density at radius 2 is 1.65 bits per heavy atom. The highest BCUT2D eigenvalue weighted by Crippen LogP contribution is 2.17. The summed E-state index contributed by atoms with van der Waals surface area (Å²) in [5, 5.41) is -0.492. The van der Waals surface area contributed by atoms with Crippen LogP contribution in [0, 0.1) is 0 Å². The molecule has 1 rings (SSSR count). The summed E-state index contributed by atoms with van der Waals surface area (Å²) in [6, 6.07) is 8.31. The molecule has 0 amide bonds. The van der Waals surface area contributed by atoms with Gasteiger partial charge in [-0.15, -0.1) is 0 Å². The summed E-state index contributed by atoms with van der Waals surface area (Å²) >= 11 is 0. The lowest BCUT2D eigenvalue weighted by Gasteiger charge is -2.09. The molecule has 4 heteroatoms. The van der Waals surface area contributed by atoms with Crippen LogP contribution < -0.4 is 0 Å². The van der Waals surface area contributed by atoms with Gasteiger partial charge in [0.2, 0.25) is 9.05 Å². The Morgan fingerprint density at radius 1 is 1.12 bits per heavy atom. The lowest BCUT2D eigenvalue weighted by molar-refractivity contribution is 0.592. The molecule has 0 saturated carbocycles. The molecule has 0 bridgehead atoms. The van der Waals surface area contributed by atoms with Crippen molar-refractivity contribution in [2.24, 2.45) is 0 Å². The van der Waals surface area contributed by atoms with E-state index in [2.05, 4.69) is 38.1 Å². The third-order valence-corrected chi connectivity index (χ3v) is 5.08. The highest BCUT2D eigenvalue weighted by molar-refractivity contribution is 8.14. The zero-order valence-electron chi connectivity index (χ0n) is 10.5. The molecule has 0 aliphatic carbocycles. The van der Waals surface area contributed by atoms with Gasteiger partial charge >= 0.3 is 0 Å². The molecule has 0 heterocycles. The van der Waals surface area contributed by atoms with E-state index >= 15 is 0 Å². The molecule has 0 saturated heterocycles. The topological polar surface area (TPSA) is 34.1 Å². The first-order chi connectivity index (χ1) is 7.80. The second kappa shape index (κ2) is 5.87. The molecule has 0 radical (unpaired) electrons. The number of hydrogen-bond acceptors (Lipinski definition) is 2. The van der Waals surface area contributed by atoms with Crippen molar-refractivity contribution < 1.29 is 8.42 Å². The number of aryl methyl sites for hydroxylation is 1. The Labute approximate surface area is 108 Å². The Kier molecular flexibility index (Phi) is 5.02. The fourth-order valence-corrected chi connectivity index (χ4v) is 2.25. The summed E-state index contributed by atoms with van der Waals surface area (Å²) < 4.78 is 22.1. The van der Waals surface area contributed by atoms with Crippen LogP contribution in [0.5, 0.6) is 0 Å². The first-order valence-electron chi connectivity index (χ1n) is 5.83. The molecule has 1 unspecified atom stereocenters. The van der Waals surface area contributed by atoms with Crippen LogP contribution in [0.4, 0.5) is 0 Å². The van der Waals surface area contributed by atoms with Gasteiger partial charge < -0.3 is 0 Å². The number of benzene rings is 1. The average Bonchev–Trinajstić information content (AvgIpc) is 2.25. The standard InChI is InChI=1S/C13H19ClO2S/c1-10(2)13-8-6-12(7-9-13)5-4-11(3)17(14,15)16/h6-11H,4-5H2,1-3H3. The van der Waals surface area contributed by atoms with Crippen LogP contribution >= 0.6 is 10.7 Å². The van der Waals surface area contributed by atoms with Crippen LogP contribution in [0.2, 0.25) is 0 Å². The molecule has 0 N–H and O–H groups in total. The van der Waals surface area contributed by atoms with Crippen LogP contribution in [0.1, 0.15) is 44.2 Å². The lowest BCUT2D eigenvalue weighted by atomic mass is 10.00. The van der Waals surface area contributed by atoms with E-state index in [4.69, 9.17) is 10.7 Å². The SMILES string of the molecule is CC(C)c1ccc(CCC(C)S(=O)(=O)Cl)cc1. The molecule has 2 nitrogen and oxygen atoms in total. The van der Waals surface area contributed by atoms with E-state index in [1.165, 1.54) is 5.56 Å². The van der Waals surface area contributed by atoms with Gasteiger partial charge in [-0.25, -0.2) is 8.42 Å². The molecule has 0 aliphatic rings. The quantitative estimate of drug-likeness (QED) is 0.767. The maximum absolute atomic E-state index is 11.1. The van der Waals surface area contributed by atoms with Crippen molar-refractivity contribution in [1.82, 2.24) is 0 Å². The summed E-state index contributed by atoms with van der Waals surface area (Å²) in [6.07, 6.45) is 1.30. The molecule has 0 spiro atoms. The zero-order valence-corrected chi connectivity index (χ0v) is 12.1. The average molecular weight is 275 g/mol. The van der Waals surface area contributed by atoms with Crippen molar-refractivity contribution >= 4 is 19.7 Å². The van der Waals surface area contributed by atoms with E-state index in [-0.39, 0.29) is 0 Å². The first-order valence-corrected chi connectivity index (χ1v) is 8.20. The van der Waals surface area contributed by atoms with Crippen molar-refractivity contribution in [3.8, 4) is 0 Å². The summed E-state index contributed by atoms with van der Waals surface area (Å²) in [6.45, 7) is 5.94. The Bertz CT molecular complexity index is 449. The van der Waals surface area contributed by atoms with Gasteiger partial charge in [-0.2, -0.15) is 0 Å². The van der Waals surface area contributed by atoms with Gasteiger partial charge in [0.1, 0.15) is 0 Å². The predicted octanol–water partition coefficient (Wildman–Crippen LogP) is 3.70. The number of halogens is 1. The predicted molar refractivity (Wildman–Crippen MR) is 73.1 cm³/mol. The molecule has 0 fully saturated rings. The smallest absolute Gasteiger partial charge is 0.212 e. The third kappa shape index (κ3) is 4.68. The van der Waals surface area contributed by atoms with Crippen LogP contribution in [-0.4, -0.2) is 13.7 Å². The van der Waals surface area contributed by atoms with Crippen LogP contribution in [0.25, 0.3) is 0 Å². The van der Waals surface area contributed by atoms with Gasteiger partial charge in [-0.3, -0.25) is 0 Å². The van der Waals surface area contributed by atoms with Crippen LogP contribution in [0.3, 0.4) is 0 Å². The first kappa shape index (κ1) is 14.5. The minimum atomic E-state index is -3.42. The van der Waals surface area contributed by atoms with Gasteiger partial charge in [-0.1, -0.05) is 38.1 Å². The lowest BCUT2D eigenvalue weighted by Crippen LogP contribution is -2.12. The molecule has 1 atom stereocenters. The second-order valence-electron chi connectivity index (χ2n) is 4.72. The molecule has 17 heavy (non-hydrogen) atoms. The molecule has 96 valence electrons. The van der Waals surface area contributed by atoms with E-state index in [0.29, 0.717) is 12.3 Å². The van der Waals surface area contributed by atoms with E-state index in [9.17, 15) is 8.42 Å². The number of rotatable bonds is 5. The molecule has 1 aromatic rings. The molecular weight excluding hydrogens is 256 g/mol. The minimum Gasteiger partial charge on any atom is -0.212 e. The summed E-state index contributed by atoms with van der Waals surface area (Å²) in [4.78, 5) is 0.